The Kier molecular flexibility index (Phi) is 4.93. The van der Waals surface area contributed by atoms with Crippen molar-refractivity contribution in [3.8, 4) is 0 Å². The van der Waals surface area contributed by atoms with Crippen molar-refractivity contribution in [2.24, 2.45) is 0 Å². The summed E-state index contributed by atoms with van der Waals surface area (Å²) in [6.07, 6.45) is 4.74. The molecular formula is C22H27N3O. The molecule has 0 saturated carbocycles. The fourth-order valence-electron chi connectivity index (χ4n) is 4.26. The van der Waals surface area contributed by atoms with Crippen LogP contribution in [0.1, 0.15) is 36.4 Å². The van der Waals surface area contributed by atoms with Crippen LogP contribution in [-0.4, -0.2) is 37.5 Å². The number of anilines is 2. The van der Waals surface area contributed by atoms with E-state index in [-0.39, 0.29) is 5.91 Å². The lowest BCUT2D eigenvalue weighted by molar-refractivity contribution is -0.117. The molecule has 0 aromatic heterocycles. The van der Waals surface area contributed by atoms with E-state index in [1.54, 1.807) is 0 Å². The number of aryl methyl sites for hydroxylation is 1. The Bertz CT molecular complexity index is 765. The lowest BCUT2D eigenvalue weighted by Gasteiger charge is -2.24. The Labute approximate surface area is 155 Å². The number of likely N-dealkylation sites (N-methyl/N-ethyl adjacent to an activating group) is 1. The lowest BCUT2D eigenvalue weighted by Crippen LogP contribution is -2.32. The molecule has 4 nitrogen and oxygen atoms in total. The van der Waals surface area contributed by atoms with Crippen LogP contribution < -0.4 is 10.2 Å². The van der Waals surface area contributed by atoms with Crippen molar-refractivity contribution < 1.29 is 4.79 Å². The molecule has 4 rings (SSSR count). The summed E-state index contributed by atoms with van der Waals surface area (Å²) < 4.78 is 0. The minimum absolute atomic E-state index is 0.0470. The number of nitrogens with one attached hydrogen (secondary N) is 1. The maximum atomic E-state index is 12.5. The average Bonchev–Trinajstić information content (AvgIpc) is 3.32. The van der Waals surface area contributed by atoms with Crippen LogP contribution in [0.25, 0.3) is 0 Å². The van der Waals surface area contributed by atoms with E-state index in [1.807, 2.05) is 19.2 Å². The molecule has 1 amide bonds. The van der Waals surface area contributed by atoms with Gasteiger partial charge in [0.2, 0.25) is 5.91 Å². The van der Waals surface area contributed by atoms with Gasteiger partial charge in [0, 0.05) is 30.5 Å². The molecule has 1 saturated heterocycles. The zero-order chi connectivity index (χ0) is 17.9. The molecule has 26 heavy (non-hydrogen) atoms. The smallest absolute Gasteiger partial charge is 0.238 e. The van der Waals surface area contributed by atoms with Crippen molar-refractivity contribution in [2.45, 2.75) is 31.7 Å². The number of hydrogen-bond donors (Lipinski definition) is 1. The van der Waals surface area contributed by atoms with Gasteiger partial charge in [-0.05, 0) is 68.1 Å². The van der Waals surface area contributed by atoms with Crippen LogP contribution in [0.5, 0.6) is 0 Å². The molecule has 0 bridgehead atoms. The second kappa shape index (κ2) is 7.50. The first-order valence-corrected chi connectivity index (χ1v) is 9.63. The predicted molar refractivity (Wildman–Crippen MR) is 107 cm³/mol. The van der Waals surface area contributed by atoms with E-state index in [4.69, 9.17) is 0 Å². The average molecular weight is 349 g/mol. The maximum Gasteiger partial charge on any atom is 0.238 e. The number of carbonyl (C=O) groups excluding carboxylic acids is 1. The third-order valence-electron chi connectivity index (χ3n) is 5.65. The number of carbonyl (C=O) groups is 1. The molecule has 1 aliphatic heterocycles. The number of nitrogens with zero attached hydrogens (tertiary/aromatic N) is 2. The first kappa shape index (κ1) is 17.1. The summed E-state index contributed by atoms with van der Waals surface area (Å²) in [6.45, 7) is 2.69. The molecule has 2 aromatic carbocycles. The summed E-state index contributed by atoms with van der Waals surface area (Å²) in [4.78, 5) is 17.0. The lowest BCUT2D eigenvalue weighted by atomic mass is 10.1. The second-order valence-corrected chi connectivity index (χ2v) is 7.46. The molecule has 2 aromatic rings. The van der Waals surface area contributed by atoms with Gasteiger partial charge in [-0.3, -0.25) is 9.69 Å². The Morgan fingerprint density at radius 1 is 1.12 bits per heavy atom. The van der Waals surface area contributed by atoms with Gasteiger partial charge in [-0.1, -0.05) is 24.3 Å². The molecule has 0 radical (unpaired) electrons. The van der Waals surface area contributed by atoms with Gasteiger partial charge in [0.15, 0.2) is 0 Å². The zero-order valence-electron chi connectivity index (χ0n) is 15.4. The van der Waals surface area contributed by atoms with Crippen LogP contribution in [0, 0.1) is 0 Å². The Balaban J connectivity index is 1.34. The highest BCUT2D eigenvalue weighted by Gasteiger charge is 2.26. The predicted octanol–water partition coefficient (Wildman–Crippen LogP) is 3.84. The quantitative estimate of drug-likeness (QED) is 0.891. The monoisotopic (exact) mass is 349 g/mol. The first-order valence-electron chi connectivity index (χ1n) is 9.63. The fraction of sp³-hybridized carbons (Fsp3) is 0.409. The molecule has 1 atom stereocenters. The van der Waals surface area contributed by atoms with Gasteiger partial charge in [0.05, 0.1) is 6.54 Å². The third kappa shape index (κ3) is 3.61. The minimum Gasteiger partial charge on any atom is -0.372 e. The Hall–Kier alpha value is -2.33. The number of fused-ring (bicyclic) bond motifs is 1. The van der Waals surface area contributed by atoms with Crippen molar-refractivity contribution >= 4 is 17.3 Å². The summed E-state index contributed by atoms with van der Waals surface area (Å²) in [5.74, 6) is 0.0470. The van der Waals surface area contributed by atoms with Gasteiger partial charge in [0.1, 0.15) is 0 Å². The van der Waals surface area contributed by atoms with Crippen molar-refractivity contribution in [1.82, 2.24) is 4.90 Å². The van der Waals surface area contributed by atoms with Crippen molar-refractivity contribution in [2.75, 3.05) is 36.9 Å². The van der Waals surface area contributed by atoms with Gasteiger partial charge in [0.25, 0.3) is 0 Å². The van der Waals surface area contributed by atoms with E-state index >= 15 is 0 Å². The van der Waals surface area contributed by atoms with Crippen LogP contribution in [0.3, 0.4) is 0 Å². The van der Waals surface area contributed by atoms with Gasteiger partial charge >= 0.3 is 0 Å². The summed E-state index contributed by atoms with van der Waals surface area (Å²) in [6, 6.07) is 17.2. The SMILES string of the molecule is CN(CC(=O)Nc1ccc(N2CCCC2)cc1)[C@H]1CCc2ccccc21. The number of hydrogen-bond acceptors (Lipinski definition) is 3. The molecule has 1 fully saturated rings. The molecule has 136 valence electrons. The summed E-state index contributed by atoms with van der Waals surface area (Å²) >= 11 is 0. The van der Waals surface area contributed by atoms with Crippen LogP contribution in [0.4, 0.5) is 11.4 Å². The Morgan fingerprint density at radius 2 is 1.85 bits per heavy atom. The third-order valence-corrected chi connectivity index (χ3v) is 5.65. The zero-order valence-corrected chi connectivity index (χ0v) is 15.4. The first-order chi connectivity index (χ1) is 12.7. The van der Waals surface area contributed by atoms with Gasteiger partial charge in [-0.15, -0.1) is 0 Å². The largest absolute Gasteiger partial charge is 0.372 e. The van der Waals surface area contributed by atoms with E-state index in [1.165, 1.54) is 29.7 Å². The highest BCUT2D eigenvalue weighted by molar-refractivity contribution is 5.92. The van der Waals surface area contributed by atoms with E-state index in [2.05, 4.69) is 51.5 Å². The molecule has 2 aliphatic rings. The van der Waals surface area contributed by atoms with E-state index in [9.17, 15) is 4.79 Å². The van der Waals surface area contributed by atoms with Crippen molar-refractivity contribution in [1.29, 1.82) is 0 Å². The Morgan fingerprint density at radius 3 is 2.62 bits per heavy atom. The number of benzene rings is 2. The van der Waals surface area contributed by atoms with Crippen LogP contribution in [0.2, 0.25) is 0 Å². The normalized spacial score (nSPS) is 19.0. The summed E-state index contributed by atoms with van der Waals surface area (Å²) in [7, 11) is 2.04. The van der Waals surface area contributed by atoms with E-state index in [0.717, 1.165) is 31.6 Å². The van der Waals surface area contributed by atoms with Crippen LogP contribution in [-0.2, 0) is 11.2 Å². The highest BCUT2D eigenvalue weighted by Crippen LogP contribution is 2.34. The molecular weight excluding hydrogens is 322 g/mol. The molecule has 0 spiro atoms. The molecule has 1 aliphatic carbocycles. The summed E-state index contributed by atoms with van der Waals surface area (Å²) in [5.41, 5.74) is 4.92. The van der Waals surface area contributed by atoms with Crippen molar-refractivity contribution in [3.05, 3.63) is 59.7 Å². The number of amides is 1. The van der Waals surface area contributed by atoms with Gasteiger partial charge in [-0.2, -0.15) is 0 Å². The maximum absolute atomic E-state index is 12.5. The molecule has 1 N–H and O–H groups in total. The highest BCUT2D eigenvalue weighted by atomic mass is 16.2. The molecule has 0 unspecified atom stereocenters. The van der Waals surface area contributed by atoms with Crippen LogP contribution in [0.15, 0.2) is 48.5 Å². The molecule has 4 heteroatoms. The van der Waals surface area contributed by atoms with Gasteiger partial charge in [-0.25, -0.2) is 0 Å². The van der Waals surface area contributed by atoms with Gasteiger partial charge < -0.3 is 10.2 Å². The van der Waals surface area contributed by atoms with E-state index in [0.29, 0.717) is 12.6 Å². The van der Waals surface area contributed by atoms with Crippen molar-refractivity contribution in [3.63, 3.8) is 0 Å². The number of rotatable bonds is 5. The molecule has 1 heterocycles. The van der Waals surface area contributed by atoms with Crippen LogP contribution >= 0.6 is 0 Å². The fourth-order valence-corrected chi connectivity index (χ4v) is 4.26. The van der Waals surface area contributed by atoms with E-state index < -0.39 is 0 Å². The summed E-state index contributed by atoms with van der Waals surface area (Å²) in [5, 5.41) is 3.04. The second-order valence-electron chi connectivity index (χ2n) is 7.46. The standard InChI is InChI=1S/C22H27N3O/c1-24(21-13-8-17-6-2-3-7-20(17)21)16-22(26)23-18-9-11-19(12-10-18)25-14-4-5-15-25/h2-3,6-7,9-12,21H,4-5,8,13-16H2,1H3,(H,23,26)/t21-/m0/s1. The minimum atomic E-state index is 0.0470. The topological polar surface area (TPSA) is 35.6 Å².